The van der Waals surface area contributed by atoms with E-state index in [2.05, 4.69) is 49.3 Å². The molecule has 19 heavy (non-hydrogen) atoms. The Balaban J connectivity index is 2.03. The fraction of sp³-hybridized carbons (Fsp3) is 0.625. The molecule has 0 radical (unpaired) electrons. The zero-order valence-corrected chi connectivity index (χ0v) is 13.0. The average Bonchev–Trinajstić information content (AvgIpc) is 3.22. The van der Waals surface area contributed by atoms with Gasteiger partial charge < -0.3 is 10.2 Å². The average molecular weight is 281 g/mol. The highest BCUT2D eigenvalue weighted by Gasteiger charge is 2.20. The van der Waals surface area contributed by atoms with Crippen LogP contribution in [0.25, 0.3) is 0 Å². The number of anilines is 1. The number of benzene rings is 1. The van der Waals surface area contributed by atoms with Crippen molar-refractivity contribution in [3.8, 4) is 0 Å². The van der Waals surface area contributed by atoms with Gasteiger partial charge in [0.15, 0.2) is 0 Å². The van der Waals surface area contributed by atoms with Crippen molar-refractivity contribution in [2.24, 2.45) is 0 Å². The third kappa shape index (κ3) is 3.87. The maximum atomic E-state index is 6.40. The molecule has 1 aliphatic carbocycles. The number of halogens is 1. The lowest BCUT2D eigenvalue weighted by Gasteiger charge is -2.28. The van der Waals surface area contributed by atoms with E-state index in [1.54, 1.807) is 0 Å². The third-order valence-corrected chi connectivity index (χ3v) is 4.44. The molecule has 3 heteroatoms. The van der Waals surface area contributed by atoms with Crippen molar-refractivity contribution in [3.63, 3.8) is 0 Å². The van der Waals surface area contributed by atoms with Crippen LogP contribution in [-0.2, 0) is 6.54 Å². The number of hydrogen-bond donors (Lipinski definition) is 1. The van der Waals surface area contributed by atoms with Gasteiger partial charge in [-0.3, -0.25) is 0 Å². The minimum atomic E-state index is 0.589. The normalized spacial score (nSPS) is 15.0. The molecule has 1 aromatic carbocycles. The summed E-state index contributed by atoms with van der Waals surface area (Å²) in [6, 6.07) is 7.76. The molecule has 0 bridgehead atoms. The summed E-state index contributed by atoms with van der Waals surface area (Å²) < 4.78 is 0. The lowest BCUT2D eigenvalue weighted by Crippen LogP contribution is -2.30. The van der Waals surface area contributed by atoms with E-state index in [0.717, 1.165) is 30.5 Å². The van der Waals surface area contributed by atoms with Gasteiger partial charge in [0.05, 0.1) is 0 Å². The zero-order chi connectivity index (χ0) is 13.8. The first-order valence-corrected chi connectivity index (χ1v) is 7.78. The minimum Gasteiger partial charge on any atom is -0.372 e. The lowest BCUT2D eigenvalue weighted by molar-refractivity contribution is 0.591. The van der Waals surface area contributed by atoms with Crippen LogP contribution in [0.3, 0.4) is 0 Å². The second-order valence-electron chi connectivity index (χ2n) is 5.51. The lowest BCUT2D eigenvalue weighted by atomic mass is 10.1. The van der Waals surface area contributed by atoms with Crippen LogP contribution in [0.5, 0.6) is 0 Å². The highest BCUT2D eigenvalue weighted by molar-refractivity contribution is 6.31. The highest BCUT2D eigenvalue weighted by atomic mass is 35.5. The largest absolute Gasteiger partial charge is 0.372 e. The van der Waals surface area contributed by atoms with Gasteiger partial charge in [-0.1, -0.05) is 31.5 Å². The second kappa shape index (κ2) is 6.62. The molecule has 0 aliphatic heterocycles. The number of nitrogens with zero attached hydrogens (tertiary/aromatic N) is 1. The third-order valence-electron chi connectivity index (χ3n) is 4.09. The molecule has 1 saturated carbocycles. The Labute approximate surface area is 122 Å². The number of hydrogen-bond acceptors (Lipinski definition) is 2. The van der Waals surface area contributed by atoms with Crippen LogP contribution in [0.1, 0.15) is 45.1 Å². The van der Waals surface area contributed by atoms with Crippen LogP contribution in [0.2, 0.25) is 5.02 Å². The Morgan fingerprint density at radius 3 is 2.53 bits per heavy atom. The fourth-order valence-electron chi connectivity index (χ4n) is 2.49. The first-order chi connectivity index (χ1) is 9.15. The van der Waals surface area contributed by atoms with Crippen LogP contribution in [-0.4, -0.2) is 19.1 Å². The summed E-state index contributed by atoms with van der Waals surface area (Å²) in [4.78, 5) is 2.34. The first kappa shape index (κ1) is 14.7. The molecule has 0 aromatic heterocycles. The van der Waals surface area contributed by atoms with Crippen LogP contribution in [0.15, 0.2) is 18.2 Å². The second-order valence-corrected chi connectivity index (χ2v) is 5.92. The van der Waals surface area contributed by atoms with Gasteiger partial charge in [-0.2, -0.15) is 0 Å². The molecule has 0 amide bonds. The maximum Gasteiger partial charge on any atom is 0.0471 e. The maximum absolute atomic E-state index is 6.40. The predicted molar refractivity (Wildman–Crippen MR) is 84.1 cm³/mol. The Kier molecular flexibility index (Phi) is 5.12. The monoisotopic (exact) mass is 280 g/mol. The summed E-state index contributed by atoms with van der Waals surface area (Å²) in [7, 11) is 2.16. The molecular weight excluding hydrogens is 256 g/mol. The summed E-state index contributed by atoms with van der Waals surface area (Å²) in [5.74, 6) is 0. The van der Waals surface area contributed by atoms with Crippen LogP contribution < -0.4 is 10.2 Å². The van der Waals surface area contributed by atoms with E-state index in [0.29, 0.717) is 6.04 Å². The molecule has 0 unspecified atom stereocenters. The molecule has 1 aliphatic rings. The van der Waals surface area contributed by atoms with Gasteiger partial charge in [0.2, 0.25) is 0 Å². The van der Waals surface area contributed by atoms with E-state index >= 15 is 0 Å². The molecule has 1 fully saturated rings. The van der Waals surface area contributed by atoms with Gasteiger partial charge in [0.25, 0.3) is 0 Å². The van der Waals surface area contributed by atoms with Gasteiger partial charge in [0, 0.05) is 36.4 Å². The number of nitrogens with one attached hydrogen (secondary N) is 1. The van der Waals surface area contributed by atoms with E-state index in [4.69, 9.17) is 11.6 Å². The van der Waals surface area contributed by atoms with E-state index in [1.165, 1.54) is 24.1 Å². The van der Waals surface area contributed by atoms with Crippen molar-refractivity contribution in [3.05, 3.63) is 28.8 Å². The van der Waals surface area contributed by atoms with Crippen molar-refractivity contribution in [1.82, 2.24) is 5.32 Å². The molecule has 0 heterocycles. The van der Waals surface area contributed by atoms with Crippen molar-refractivity contribution >= 4 is 17.3 Å². The Hall–Kier alpha value is -0.730. The van der Waals surface area contributed by atoms with Crippen LogP contribution in [0.4, 0.5) is 5.69 Å². The van der Waals surface area contributed by atoms with Gasteiger partial charge >= 0.3 is 0 Å². The summed E-state index contributed by atoms with van der Waals surface area (Å²) >= 11 is 6.40. The smallest absolute Gasteiger partial charge is 0.0471 e. The molecule has 1 N–H and O–H groups in total. The van der Waals surface area contributed by atoms with Gasteiger partial charge in [-0.15, -0.1) is 0 Å². The Bertz CT molecular complexity index is 411. The van der Waals surface area contributed by atoms with E-state index in [-0.39, 0.29) is 0 Å². The summed E-state index contributed by atoms with van der Waals surface area (Å²) in [6.45, 7) is 5.36. The van der Waals surface area contributed by atoms with E-state index in [1.807, 2.05) is 0 Å². The van der Waals surface area contributed by atoms with Crippen LogP contribution in [0, 0.1) is 0 Å². The minimum absolute atomic E-state index is 0.589. The molecular formula is C16H25ClN2. The van der Waals surface area contributed by atoms with Crippen molar-refractivity contribution in [2.75, 3.05) is 11.9 Å². The van der Waals surface area contributed by atoms with E-state index in [9.17, 15) is 0 Å². The summed E-state index contributed by atoms with van der Waals surface area (Å²) in [6.07, 6.45) is 4.95. The fourth-order valence-corrected chi connectivity index (χ4v) is 2.73. The summed E-state index contributed by atoms with van der Waals surface area (Å²) in [5, 5.41) is 4.39. The first-order valence-electron chi connectivity index (χ1n) is 7.40. The van der Waals surface area contributed by atoms with Crippen molar-refractivity contribution in [1.29, 1.82) is 0 Å². The predicted octanol–water partition coefficient (Wildman–Crippen LogP) is 4.22. The van der Waals surface area contributed by atoms with Gasteiger partial charge in [0.1, 0.15) is 0 Å². The quantitative estimate of drug-likeness (QED) is 0.805. The Morgan fingerprint density at radius 2 is 2.00 bits per heavy atom. The molecule has 0 atom stereocenters. The highest BCUT2D eigenvalue weighted by Crippen LogP contribution is 2.26. The molecule has 0 spiro atoms. The van der Waals surface area contributed by atoms with Gasteiger partial charge in [-0.05, 0) is 43.4 Å². The molecule has 106 valence electrons. The topological polar surface area (TPSA) is 15.3 Å². The van der Waals surface area contributed by atoms with Gasteiger partial charge in [-0.25, -0.2) is 0 Å². The van der Waals surface area contributed by atoms with Crippen LogP contribution >= 0.6 is 11.6 Å². The molecule has 1 aromatic rings. The summed E-state index contributed by atoms with van der Waals surface area (Å²) in [5.41, 5.74) is 2.42. The molecule has 2 rings (SSSR count). The van der Waals surface area contributed by atoms with Crippen molar-refractivity contribution in [2.45, 2.75) is 58.2 Å². The SMILES string of the molecule is CCC(CC)N(C)c1ccc(CNC2CC2)c(Cl)c1. The standard InChI is InChI=1S/C16H25ClN2/c1-4-14(5-2)19(3)15-9-6-12(16(17)10-15)11-18-13-7-8-13/h6,9-10,13-14,18H,4-5,7-8,11H2,1-3H3. The van der Waals surface area contributed by atoms with E-state index < -0.39 is 0 Å². The van der Waals surface area contributed by atoms with Crippen molar-refractivity contribution < 1.29 is 0 Å². The Morgan fingerprint density at radius 1 is 1.32 bits per heavy atom. The number of rotatable bonds is 7. The zero-order valence-electron chi connectivity index (χ0n) is 12.2. The molecule has 2 nitrogen and oxygen atoms in total. The molecule has 0 saturated heterocycles.